The van der Waals surface area contributed by atoms with Crippen LogP contribution in [0.25, 0.3) is 54.1 Å². The molecule has 0 bridgehead atoms. The highest BCUT2D eigenvalue weighted by molar-refractivity contribution is 7.22. The molecule has 0 spiro atoms. The Morgan fingerprint density at radius 2 is 1.80 bits per heavy atom. The molecule has 6 aromatic rings. The zero-order valence-electron chi connectivity index (χ0n) is 25.2. The number of carboxylic acids is 1. The number of hydrogen-bond acceptors (Lipinski definition) is 7. The summed E-state index contributed by atoms with van der Waals surface area (Å²) in [4.78, 5) is 22.4. The fourth-order valence-electron chi connectivity index (χ4n) is 5.65. The van der Waals surface area contributed by atoms with E-state index in [1.165, 1.54) is 11.3 Å². The molecule has 45 heavy (non-hydrogen) atoms. The van der Waals surface area contributed by atoms with E-state index in [1.54, 1.807) is 6.20 Å². The highest BCUT2D eigenvalue weighted by atomic mass is 35.5. The Morgan fingerprint density at radius 1 is 1.04 bits per heavy atom. The fourth-order valence-corrected chi connectivity index (χ4v) is 6.90. The summed E-state index contributed by atoms with van der Waals surface area (Å²) in [6, 6.07) is 19.9. The van der Waals surface area contributed by atoms with Crippen molar-refractivity contribution in [3.63, 3.8) is 0 Å². The number of thiazole rings is 1. The number of pyridine rings is 1. The molecule has 0 radical (unpaired) electrons. The normalized spacial score (nSPS) is 14.6. The van der Waals surface area contributed by atoms with E-state index in [9.17, 15) is 9.90 Å². The number of nitrogens with zero attached hydrogens (tertiary/aromatic N) is 4. The highest BCUT2D eigenvalue weighted by Crippen LogP contribution is 2.44. The number of carbonyl (C=O) groups is 1. The quantitative estimate of drug-likeness (QED) is 0.187. The molecule has 1 aliphatic heterocycles. The Bertz CT molecular complexity index is 2080. The lowest BCUT2D eigenvalue weighted by Gasteiger charge is -2.28. The number of aromatic nitrogens is 4. The lowest BCUT2D eigenvalue weighted by Crippen LogP contribution is -2.30. The van der Waals surface area contributed by atoms with Gasteiger partial charge < -0.3 is 14.6 Å². The number of fused-ring (bicyclic) bond motifs is 2. The summed E-state index contributed by atoms with van der Waals surface area (Å²) in [5, 5.41) is 17.5. The molecular weight excluding hydrogens is 608 g/mol. The number of ether oxygens (including phenoxy) is 2. The van der Waals surface area contributed by atoms with Crippen molar-refractivity contribution in [2.75, 3.05) is 13.2 Å². The third-order valence-electron chi connectivity index (χ3n) is 7.84. The predicted octanol–water partition coefficient (Wildman–Crippen LogP) is 8.52. The van der Waals surface area contributed by atoms with E-state index in [1.807, 2.05) is 87.0 Å². The van der Waals surface area contributed by atoms with Gasteiger partial charge in [-0.25, -0.2) is 9.78 Å². The molecule has 1 saturated heterocycles. The fraction of sp³-hybridized carbons (Fsp3) is 0.257. The second-order valence-electron chi connectivity index (χ2n) is 12.3. The maximum Gasteiger partial charge on any atom is 0.337 e. The lowest BCUT2D eigenvalue weighted by atomic mass is 9.91. The molecule has 3 aromatic carbocycles. The second kappa shape index (κ2) is 11.3. The van der Waals surface area contributed by atoms with Gasteiger partial charge in [0.05, 0.1) is 46.3 Å². The Balaban J connectivity index is 1.34. The molecule has 1 unspecified atom stereocenters. The van der Waals surface area contributed by atoms with Crippen molar-refractivity contribution in [2.45, 2.75) is 45.4 Å². The number of carboxylic acid groups (broad SMARTS) is 1. The van der Waals surface area contributed by atoms with Crippen molar-refractivity contribution in [1.29, 1.82) is 0 Å². The Kier molecular flexibility index (Phi) is 7.44. The Morgan fingerprint density at radius 3 is 2.49 bits per heavy atom. The largest absolute Gasteiger partial charge is 0.479 e. The first-order valence-corrected chi connectivity index (χ1v) is 15.9. The van der Waals surface area contributed by atoms with Crippen LogP contribution in [0.1, 0.15) is 44.0 Å². The van der Waals surface area contributed by atoms with Gasteiger partial charge in [0.2, 0.25) is 0 Å². The van der Waals surface area contributed by atoms with Gasteiger partial charge in [-0.3, -0.25) is 9.67 Å². The van der Waals surface area contributed by atoms with E-state index in [4.69, 9.17) is 31.2 Å². The van der Waals surface area contributed by atoms with E-state index in [-0.39, 0.29) is 6.04 Å². The van der Waals surface area contributed by atoms with E-state index in [0.29, 0.717) is 23.8 Å². The minimum atomic E-state index is -1.17. The van der Waals surface area contributed by atoms with E-state index >= 15 is 0 Å². The highest BCUT2D eigenvalue weighted by Gasteiger charge is 2.32. The molecule has 4 heterocycles. The van der Waals surface area contributed by atoms with Crippen molar-refractivity contribution in [1.82, 2.24) is 19.7 Å². The van der Waals surface area contributed by atoms with Gasteiger partial charge in [-0.1, -0.05) is 29.8 Å². The summed E-state index contributed by atoms with van der Waals surface area (Å²) < 4.78 is 14.3. The van der Waals surface area contributed by atoms with Gasteiger partial charge in [0.15, 0.2) is 6.10 Å². The van der Waals surface area contributed by atoms with Crippen molar-refractivity contribution >= 4 is 50.0 Å². The topological polar surface area (TPSA) is 99.4 Å². The van der Waals surface area contributed by atoms with Gasteiger partial charge in [-0.05, 0) is 81.3 Å². The van der Waals surface area contributed by atoms with E-state index in [2.05, 4.69) is 17.2 Å². The van der Waals surface area contributed by atoms with Crippen LogP contribution < -0.4 is 0 Å². The summed E-state index contributed by atoms with van der Waals surface area (Å²) in [6.07, 6.45) is 2.69. The molecule has 1 fully saturated rings. The molecule has 10 heteroatoms. The van der Waals surface area contributed by atoms with Gasteiger partial charge in [0, 0.05) is 45.1 Å². The maximum absolute atomic E-state index is 12.7. The SMILES string of the molecule is Cc1cc2nc(-c3ccnc(-c4ccc5nn(C6COC6)cc5c4)c3)sc2c(-c2ccc(Cl)cc2)c1C(OC(C)(C)C)C(=O)O. The summed E-state index contributed by atoms with van der Waals surface area (Å²) >= 11 is 7.77. The summed E-state index contributed by atoms with van der Waals surface area (Å²) in [6.45, 7) is 8.87. The average molecular weight is 639 g/mol. The molecule has 8 nitrogen and oxygen atoms in total. The number of aryl methyl sites for hydroxylation is 1. The van der Waals surface area contributed by atoms with Gasteiger partial charge in [-0.2, -0.15) is 5.10 Å². The van der Waals surface area contributed by atoms with Crippen molar-refractivity contribution in [3.05, 3.63) is 89.2 Å². The summed E-state index contributed by atoms with van der Waals surface area (Å²) in [7, 11) is 0. The zero-order chi connectivity index (χ0) is 31.5. The van der Waals surface area contributed by atoms with Crippen LogP contribution in [0, 0.1) is 6.92 Å². The minimum Gasteiger partial charge on any atom is -0.479 e. The third kappa shape index (κ3) is 5.73. The predicted molar refractivity (Wildman–Crippen MR) is 178 cm³/mol. The molecule has 7 rings (SSSR count). The van der Waals surface area contributed by atoms with Crippen LogP contribution in [0.4, 0.5) is 0 Å². The molecule has 1 N–H and O–H groups in total. The molecule has 1 aliphatic rings. The molecule has 3 aromatic heterocycles. The van der Waals surface area contributed by atoms with Gasteiger partial charge in [0.25, 0.3) is 0 Å². The van der Waals surface area contributed by atoms with Crippen molar-refractivity contribution < 1.29 is 19.4 Å². The third-order valence-corrected chi connectivity index (χ3v) is 9.23. The second-order valence-corrected chi connectivity index (χ2v) is 13.7. The van der Waals surface area contributed by atoms with E-state index in [0.717, 1.165) is 59.6 Å². The van der Waals surface area contributed by atoms with Crippen LogP contribution in [-0.4, -0.2) is 49.6 Å². The summed E-state index contributed by atoms with van der Waals surface area (Å²) in [5.74, 6) is -1.05. The number of rotatable bonds is 7. The van der Waals surface area contributed by atoms with Crippen LogP contribution in [0.2, 0.25) is 5.02 Å². The van der Waals surface area contributed by atoms with Crippen LogP contribution in [-0.2, 0) is 14.3 Å². The molecule has 228 valence electrons. The van der Waals surface area contributed by atoms with Crippen molar-refractivity contribution in [2.24, 2.45) is 0 Å². The van der Waals surface area contributed by atoms with Crippen LogP contribution in [0.5, 0.6) is 0 Å². The van der Waals surface area contributed by atoms with Crippen LogP contribution in [0.3, 0.4) is 0 Å². The number of hydrogen-bond donors (Lipinski definition) is 1. The number of benzene rings is 3. The summed E-state index contributed by atoms with van der Waals surface area (Å²) in [5.41, 5.74) is 6.81. The Labute approximate surface area is 269 Å². The van der Waals surface area contributed by atoms with E-state index < -0.39 is 17.7 Å². The van der Waals surface area contributed by atoms with Crippen LogP contribution >= 0.6 is 22.9 Å². The maximum atomic E-state index is 12.7. The van der Waals surface area contributed by atoms with Gasteiger partial charge >= 0.3 is 5.97 Å². The van der Waals surface area contributed by atoms with Gasteiger partial charge in [-0.15, -0.1) is 11.3 Å². The molecule has 0 saturated carbocycles. The Hall–Kier alpha value is -4.15. The number of aliphatic carboxylic acids is 1. The molecule has 0 aliphatic carbocycles. The first-order chi connectivity index (χ1) is 21.5. The monoisotopic (exact) mass is 638 g/mol. The van der Waals surface area contributed by atoms with Crippen LogP contribution in [0.15, 0.2) is 73.1 Å². The lowest BCUT2D eigenvalue weighted by molar-refractivity contribution is -0.160. The first-order valence-electron chi connectivity index (χ1n) is 14.7. The average Bonchev–Trinajstić information content (AvgIpc) is 3.58. The minimum absolute atomic E-state index is 0.286. The molecular formula is C35H31ClN4O4S. The number of halogens is 1. The molecule has 0 amide bonds. The smallest absolute Gasteiger partial charge is 0.337 e. The van der Waals surface area contributed by atoms with Crippen molar-refractivity contribution in [3.8, 4) is 33.0 Å². The van der Waals surface area contributed by atoms with Gasteiger partial charge in [0.1, 0.15) is 5.01 Å². The first kappa shape index (κ1) is 29.6. The standard InChI is InChI=1S/C35H31ClN4O4S/c1-19-13-28-32(30(20-5-8-24(36)9-6-20)29(19)31(34(41)42)44-35(2,3)4)45-33(38-28)22-11-12-37-27(15-22)21-7-10-26-23(14-21)16-40(39-26)25-17-43-18-25/h5-16,25,31H,17-18H2,1-4H3,(H,41,42). The zero-order valence-corrected chi connectivity index (χ0v) is 26.8. The molecule has 1 atom stereocenters.